The Morgan fingerprint density at radius 2 is 2.10 bits per heavy atom. The van der Waals surface area contributed by atoms with Crippen molar-refractivity contribution < 1.29 is 9.32 Å². The van der Waals surface area contributed by atoms with Crippen molar-refractivity contribution in [3.8, 4) is 0 Å². The van der Waals surface area contributed by atoms with E-state index in [1.54, 1.807) is 0 Å². The molecule has 0 saturated heterocycles. The molecule has 1 aromatic carbocycles. The number of carbonyl (C=O) groups is 1. The number of anilines is 1. The summed E-state index contributed by atoms with van der Waals surface area (Å²) >= 11 is 0. The second kappa shape index (κ2) is 5.09. The van der Waals surface area contributed by atoms with Gasteiger partial charge in [0.2, 0.25) is 11.8 Å². The van der Waals surface area contributed by atoms with Crippen molar-refractivity contribution in [1.29, 1.82) is 0 Å². The number of amides is 1. The summed E-state index contributed by atoms with van der Waals surface area (Å²) in [6, 6.07) is 7.93. The average Bonchev–Trinajstić information content (AvgIpc) is 2.78. The molecule has 1 aliphatic rings. The minimum Gasteiger partial charge on any atom is -0.338 e. The van der Waals surface area contributed by atoms with E-state index in [0.29, 0.717) is 18.8 Å². The number of nitrogens with one attached hydrogen (secondary N) is 2. The monoisotopic (exact) mass is 271 g/mol. The van der Waals surface area contributed by atoms with Crippen molar-refractivity contribution >= 4 is 11.8 Å². The molecular formula is C15H17N3O2. The third-order valence-corrected chi connectivity index (χ3v) is 3.79. The van der Waals surface area contributed by atoms with Crippen LogP contribution in [0.4, 0.5) is 5.88 Å². The zero-order valence-corrected chi connectivity index (χ0v) is 11.6. The van der Waals surface area contributed by atoms with E-state index in [-0.39, 0.29) is 11.9 Å². The van der Waals surface area contributed by atoms with E-state index in [0.717, 1.165) is 11.3 Å². The van der Waals surface area contributed by atoms with E-state index in [4.69, 9.17) is 4.52 Å². The van der Waals surface area contributed by atoms with Gasteiger partial charge < -0.3 is 9.84 Å². The normalized spacial score (nSPS) is 17.6. The lowest BCUT2D eigenvalue weighted by atomic mass is 9.95. The van der Waals surface area contributed by atoms with Crippen LogP contribution in [0.25, 0.3) is 0 Å². The fraction of sp³-hybridized carbons (Fsp3) is 0.333. The van der Waals surface area contributed by atoms with Crippen molar-refractivity contribution in [2.45, 2.75) is 32.9 Å². The van der Waals surface area contributed by atoms with Crippen molar-refractivity contribution in [2.75, 3.05) is 5.32 Å². The second-order valence-corrected chi connectivity index (χ2v) is 5.12. The number of nitrogens with zero attached hydrogens (tertiary/aromatic N) is 1. The Hall–Kier alpha value is -2.14. The summed E-state index contributed by atoms with van der Waals surface area (Å²) in [6.45, 7) is 4.44. The molecule has 0 saturated carbocycles. The summed E-state index contributed by atoms with van der Waals surface area (Å²) in [5.74, 6) is 0.354. The third kappa shape index (κ3) is 2.32. The van der Waals surface area contributed by atoms with Gasteiger partial charge in [-0.2, -0.15) is 0 Å². The predicted octanol–water partition coefficient (Wildman–Crippen LogP) is 1.94. The van der Waals surface area contributed by atoms with Crippen molar-refractivity contribution in [3.05, 3.63) is 46.6 Å². The Kier molecular flexibility index (Phi) is 3.28. The molecule has 2 aromatic rings. The van der Waals surface area contributed by atoms with Crippen LogP contribution in [0.5, 0.6) is 0 Å². The minimum absolute atomic E-state index is 0.0845. The topological polar surface area (TPSA) is 67.2 Å². The van der Waals surface area contributed by atoms with Gasteiger partial charge in [0.1, 0.15) is 0 Å². The maximum absolute atomic E-state index is 12.3. The van der Waals surface area contributed by atoms with E-state index in [1.165, 1.54) is 11.1 Å². The first-order chi connectivity index (χ1) is 9.65. The number of benzene rings is 1. The standard InChI is InChI=1S/C15H17N3O2/c1-9-10(2)18-20-15(9)17-14(19)13-7-11-5-3-4-6-12(11)8-16-13/h3-6,13,16H,7-8H2,1-2H3,(H,17,19)/t13-/m1/s1. The van der Waals surface area contributed by atoms with Crippen LogP contribution in [0.1, 0.15) is 22.4 Å². The Morgan fingerprint density at radius 1 is 1.35 bits per heavy atom. The maximum Gasteiger partial charge on any atom is 0.244 e. The highest BCUT2D eigenvalue weighted by Gasteiger charge is 2.25. The summed E-state index contributed by atoms with van der Waals surface area (Å²) in [5, 5.41) is 9.89. The first-order valence-electron chi connectivity index (χ1n) is 6.69. The molecule has 1 aromatic heterocycles. The number of carbonyl (C=O) groups excluding carboxylic acids is 1. The van der Waals surface area contributed by atoms with Crippen LogP contribution < -0.4 is 10.6 Å². The minimum atomic E-state index is -0.241. The molecule has 2 N–H and O–H groups in total. The first kappa shape index (κ1) is 12.9. The highest BCUT2D eigenvalue weighted by molar-refractivity contribution is 5.94. The van der Waals surface area contributed by atoms with Crippen molar-refractivity contribution in [2.24, 2.45) is 0 Å². The molecule has 0 fully saturated rings. The molecule has 5 heteroatoms. The SMILES string of the molecule is Cc1noc(NC(=O)[C@H]2Cc3ccccc3CN2)c1C. The first-order valence-corrected chi connectivity index (χ1v) is 6.69. The van der Waals surface area contributed by atoms with Gasteiger partial charge in [0.05, 0.1) is 11.7 Å². The summed E-state index contributed by atoms with van der Waals surface area (Å²) < 4.78 is 5.12. The van der Waals surface area contributed by atoms with E-state index in [2.05, 4.69) is 27.9 Å². The molecule has 0 aliphatic carbocycles. The van der Waals surface area contributed by atoms with Crippen LogP contribution >= 0.6 is 0 Å². The number of hydrogen-bond acceptors (Lipinski definition) is 4. The highest BCUT2D eigenvalue weighted by atomic mass is 16.5. The van der Waals surface area contributed by atoms with Crippen LogP contribution in [0, 0.1) is 13.8 Å². The molecule has 2 heterocycles. The Morgan fingerprint density at radius 3 is 2.80 bits per heavy atom. The van der Waals surface area contributed by atoms with Gasteiger partial charge in [-0.25, -0.2) is 0 Å². The fourth-order valence-electron chi connectivity index (χ4n) is 2.37. The number of fused-ring (bicyclic) bond motifs is 1. The molecule has 20 heavy (non-hydrogen) atoms. The molecule has 1 atom stereocenters. The summed E-state index contributed by atoms with van der Waals surface area (Å²) in [4.78, 5) is 12.3. The number of aryl methyl sites for hydroxylation is 1. The summed E-state index contributed by atoms with van der Waals surface area (Å²) in [5.41, 5.74) is 4.14. The fourth-order valence-corrected chi connectivity index (χ4v) is 2.37. The lowest BCUT2D eigenvalue weighted by Crippen LogP contribution is -2.44. The lowest BCUT2D eigenvalue weighted by Gasteiger charge is -2.24. The Balaban J connectivity index is 1.72. The van der Waals surface area contributed by atoms with Gasteiger partial charge in [0.15, 0.2) is 0 Å². The van der Waals surface area contributed by atoms with Gasteiger partial charge in [-0.05, 0) is 31.4 Å². The van der Waals surface area contributed by atoms with Gasteiger partial charge in [-0.1, -0.05) is 29.4 Å². The predicted molar refractivity (Wildman–Crippen MR) is 75.4 cm³/mol. The molecule has 1 amide bonds. The van der Waals surface area contributed by atoms with Gasteiger partial charge in [0.25, 0.3) is 0 Å². The van der Waals surface area contributed by atoms with Crippen molar-refractivity contribution in [3.63, 3.8) is 0 Å². The maximum atomic E-state index is 12.3. The zero-order valence-electron chi connectivity index (χ0n) is 11.6. The van der Waals surface area contributed by atoms with Gasteiger partial charge in [-0.15, -0.1) is 0 Å². The quantitative estimate of drug-likeness (QED) is 0.876. The molecule has 1 aliphatic heterocycles. The highest BCUT2D eigenvalue weighted by Crippen LogP contribution is 2.20. The number of rotatable bonds is 2. The molecule has 0 unspecified atom stereocenters. The Bertz CT molecular complexity index is 648. The van der Waals surface area contributed by atoms with Gasteiger partial charge >= 0.3 is 0 Å². The number of aromatic nitrogens is 1. The molecule has 3 rings (SSSR count). The summed E-state index contributed by atoms with van der Waals surface area (Å²) in [6.07, 6.45) is 0.689. The molecule has 5 nitrogen and oxygen atoms in total. The molecule has 104 valence electrons. The molecular weight excluding hydrogens is 254 g/mol. The number of hydrogen-bond donors (Lipinski definition) is 2. The van der Waals surface area contributed by atoms with Crippen LogP contribution in [0.15, 0.2) is 28.8 Å². The van der Waals surface area contributed by atoms with E-state index >= 15 is 0 Å². The zero-order chi connectivity index (χ0) is 14.1. The van der Waals surface area contributed by atoms with E-state index < -0.39 is 0 Å². The third-order valence-electron chi connectivity index (χ3n) is 3.79. The van der Waals surface area contributed by atoms with Crippen LogP contribution in [0.3, 0.4) is 0 Å². The Labute approximate surface area is 117 Å². The van der Waals surface area contributed by atoms with Gasteiger partial charge in [0, 0.05) is 12.1 Å². The summed E-state index contributed by atoms with van der Waals surface area (Å²) in [7, 11) is 0. The van der Waals surface area contributed by atoms with E-state index in [9.17, 15) is 4.79 Å². The second-order valence-electron chi connectivity index (χ2n) is 5.12. The largest absolute Gasteiger partial charge is 0.338 e. The smallest absolute Gasteiger partial charge is 0.244 e. The van der Waals surface area contributed by atoms with E-state index in [1.807, 2.05) is 26.0 Å². The van der Waals surface area contributed by atoms with Crippen molar-refractivity contribution in [1.82, 2.24) is 10.5 Å². The van der Waals surface area contributed by atoms with Crippen LogP contribution in [-0.2, 0) is 17.8 Å². The average molecular weight is 271 g/mol. The van der Waals surface area contributed by atoms with Crippen LogP contribution in [0.2, 0.25) is 0 Å². The molecule has 0 spiro atoms. The molecule has 0 bridgehead atoms. The van der Waals surface area contributed by atoms with Crippen LogP contribution in [-0.4, -0.2) is 17.1 Å². The molecule has 0 radical (unpaired) electrons. The van der Waals surface area contributed by atoms with Gasteiger partial charge in [-0.3, -0.25) is 10.1 Å². The lowest BCUT2D eigenvalue weighted by molar-refractivity contribution is -0.118.